The van der Waals surface area contributed by atoms with Crippen molar-refractivity contribution in [3.63, 3.8) is 0 Å². The van der Waals surface area contributed by atoms with Crippen molar-refractivity contribution in [3.05, 3.63) is 41.8 Å². The number of hydrogen-bond donors (Lipinski definition) is 2. The lowest BCUT2D eigenvalue weighted by molar-refractivity contribution is 0.0952. The number of benzene rings is 1. The monoisotopic (exact) mass is 416 g/mol. The lowest BCUT2D eigenvalue weighted by atomic mass is 10.2. The maximum absolute atomic E-state index is 13.0. The average Bonchev–Trinajstić information content (AvgIpc) is 3.09. The first kappa shape index (κ1) is 21.0. The minimum absolute atomic E-state index is 0.252. The highest BCUT2D eigenvalue weighted by atomic mass is 32.2. The van der Waals surface area contributed by atoms with Gasteiger partial charge in [-0.25, -0.2) is 19.0 Å². The summed E-state index contributed by atoms with van der Waals surface area (Å²) in [6.45, 7) is 7.95. The van der Waals surface area contributed by atoms with Crippen LogP contribution in [0.2, 0.25) is 0 Å². The van der Waals surface area contributed by atoms with Gasteiger partial charge in [-0.05, 0) is 30.7 Å². The van der Waals surface area contributed by atoms with Gasteiger partial charge in [-0.2, -0.15) is 5.10 Å². The molecular weight excluding hydrogens is 391 g/mol. The third-order valence-corrected chi connectivity index (χ3v) is 4.94. The van der Waals surface area contributed by atoms with Crippen molar-refractivity contribution in [2.75, 3.05) is 18.4 Å². The van der Waals surface area contributed by atoms with Crippen LogP contribution in [-0.4, -0.2) is 44.0 Å². The Hall–Kier alpha value is -2.68. The normalized spacial score (nSPS) is 11.2. The molecule has 29 heavy (non-hydrogen) atoms. The van der Waals surface area contributed by atoms with Crippen molar-refractivity contribution in [2.24, 2.45) is 0 Å². The molecule has 1 aromatic carbocycles. The first-order valence-corrected chi connectivity index (χ1v) is 10.5. The molecule has 0 saturated heterocycles. The van der Waals surface area contributed by atoms with Gasteiger partial charge in [-0.15, -0.1) is 0 Å². The Morgan fingerprint density at radius 2 is 1.97 bits per heavy atom. The molecule has 0 aliphatic heterocycles. The summed E-state index contributed by atoms with van der Waals surface area (Å²) in [6, 6.07) is 5.46. The van der Waals surface area contributed by atoms with Crippen molar-refractivity contribution in [1.82, 2.24) is 25.1 Å². The molecule has 0 aliphatic carbocycles. The molecule has 0 aliphatic rings. The Morgan fingerprint density at radius 3 is 2.66 bits per heavy atom. The molecule has 154 valence electrons. The number of thioether (sulfide) groups is 1. The van der Waals surface area contributed by atoms with E-state index in [2.05, 4.69) is 46.5 Å². The van der Waals surface area contributed by atoms with Crippen LogP contribution in [0.3, 0.4) is 0 Å². The van der Waals surface area contributed by atoms with Crippen LogP contribution in [0.1, 0.15) is 37.6 Å². The van der Waals surface area contributed by atoms with Gasteiger partial charge in [0.1, 0.15) is 11.6 Å². The van der Waals surface area contributed by atoms with Gasteiger partial charge in [0.15, 0.2) is 10.8 Å². The summed E-state index contributed by atoms with van der Waals surface area (Å²) in [4.78, 5) is 21.5. The lowest BCUT2D eigenvalue weighted by Gasteiger charge is -2.10. The highest BCUT2D eigenvalue weighted by Crippen LogP contribution is 2.26. The first-order valence-electron chi connectivity index (χ1n) is 9.65. The van der Waals surface area contributed by atoms with E-state index in [9.17, 15) is 9.18 Å². The third-order valence-electron chi connectivity index (χ3n) is 4.07. The molecule has 2 heterocycles. The third kappa shape index (κ3) is 5.44. The molecule has 0 bridgehead atoms. The van der Waals surface area contributed by atoms with E-state index in [-0.39, 0.29) is 11.7 Å². The number of anilines is 1. The van der Waals surface area contributed by atoms with Gasteiger partial charge in [-0.3, -0.25) is 4.79 Å². The van der Waals surface area contributed by atoms with E-state index in [0.29, 0.717) is 29.1 Å². The molecule has 3 aromatic rings. The zero-order valence-corrected chi connectivity index (χ0v) is 17.6. The Bertz CT molecular complexity index is 973. The van der Waals surface area contributed by atoms with Crippen molar-refractivity contribution in [2.45, 2.75) is 44.1 Å². The summed E-state index contributed by atoms with van der Waals surface area (Å²) >= 11 is 1.60. The standard InChI is InChI=1S/C20H25FN6OS/c1-4-9-22-17-16-12-24-27(18(16)26-20(25-17)29-13(2)3)11-10-23-19(28)14-5-7-15(21)8-6-14/h5-8,12-13H,4,9-11H2,1-3H3,(H,23,28)(H,22,25,26). The molecule has 0 spiro atoms. The molecule has 0 radical (unpaired) electrons. The number of hydrogen-bond acceptors (Lipinski definition) is 6. The molecule has 1 amide bonds. The first-order chi connectivity index (χ1) is 14.0. The number of rotatable bonds is 9. The van der Waals surface area contributed by atoms with Crippen LogP contribution in [0.4, 0.5) is 10.2 Å². The number of aromatic nitrogens is 4. The topological polar surface area (TPSA) is 84.7 Å². The van der Waals surface area contributed by atoms with E-state index in [1.807, 2.05) is 0 Å². The quantitative estimate of drug-likeness (QED) is 0.409. The van der Waals surface area contributed by atoms with Crippen molar-refractivity contribution < 1.29 is 9.18 Å². The number of carbonyl (C=O) groups excluding carboxylic acids is 1. The highest BCUT2D eigenvalue weighted by Gasteiger charge is 2.14. The van der Waals surface area contributed by atoms with E-state index in [4.69, 9.17) is 0 Å². The Balaban J connectivity index is 1.74. The summed E-state index contributed by atoms with van der Waals surface area (Å²) in [7, 11) is 0. The van der Waals surface area contributed by atoms with Crippen molar-refractivity contribution in [1.29, 1.82) is 0 Å². The minimum atomic E-state index is -0.369. The zero-order valence-electron chi connectivity index (χ0n) is 16.8. The number of halogens is 1. The summed E-state index contributed by atoms with van der Waals surface area (Å²) < 4.78 is 14.8. The molecular formula is C20H25FN6OS. The van der Waals surface area contributed by atoms with Gasteiger partial charge in [0, 0.05) is 23.9 Å². The SMILES string of the molecule is CCCNc1nc(SC(C)C)nc2c1cnn2CCNC(=O)c1ccc(F)cc1. The fourth-order valence-corrected chi connectivity index (χ4v) is 3.42. The predicted octanol–water partition coefficient (Wildman–Crippen LogP) is 3.72. The molecule has 3 rings (SSSR count). The molecule has 2 N–H and O–H groups in total. The van der Waals surface area contributed by atoms with Gasteiger partial charge in [0.05, 0.1) is 18.1 Å². The molecule has 0 fully saturated rings. The zero-order chi connectivity index (χ0) is 20.8. The largest absolute Gasteiger partial charge is 0.369 e. The van der Waals surface area contributed by atoms with Gasteiger partial charge < -0.3 is 10.6 Å². The molecule has 0 saturated carbocycles. The highest BCUT2D eigenvalue weighted by molar-refractivity contribution is 7.99. The second-order valence-electron chi connectivity index (χ2n) is 6.82. The van der Waals surface area contributed by atoms with Crippen LogP contribution in [0, 0.1) is 5.82 Å². The Morgan fingerprint density at radius 1 is 1.21 bits per heavy atom. The van der Waals surface area contributed by atoms with Crippen LogP contribution < -0.4 is 10.6 Å². The van der Waals surface area contributed by atoms with E-state index < -0.39 is 0 Å². The predicted molar refractivity (Wildman–Crippen MR) is 114 cm³/mol. The molecule has 0 unspecified atom stereocenters. The van der Waals surface area contributed by atoms with Gasteiger partial charge in [0.2, 0.25) is 0 Å². The second-order valence-corrected chi connectivity index (χ2v) is 8.36. The second kappa shape index (κ2) is 9.69. The molecule has 0 atom stereocenters. The van der Waals surface area contributed by atoms with Gasteiger partial charge >= 0.3 is 0 Å². The minimum Gasteiger partial charge on any atom is -0.369 e. The van der Waals surface area contributed by atoms with E-state index >= 15 is 0 Å². The number of carbonyl (C=O) groups is 1. The number of fused-ring (bicyclic) bond motifs is 1. The van der Waals surface area contributed by atoms with E-state index in [1.165, 1.54) is 24.3 Å². The lowest BCUT2D eigenvalue weighted by Crippen LogP contribution is -2.27. The van der Waals surface area contributed by atoms with Crippen molar-refractivity contribution in [3.8, 4) is 0 Å². The maximum Gasteiger partial charge on any atom is 0.251 e. The van der Waals surface area contributed by atoms with Crippen LogP contribution >= 0.6 is 11.8 Å². The Labute approximate surface area is 173 Å². The van der Waals surface area contributed by atoms with Crippen LogP contribution in [0.15, 0.2) is 35.6 Å². The van der Waals surface area contributed by atoms with Crippen LogP contribution in [-0.2, 0) is 6.54 Å². The Kier molecular flexibility index (Phi) is 7.03. The van der Waals surface area contributed by atoms with Gasteiger partial charge in [0.25, 0.3) is 5.91 Å². The average molecular weight is 417 g/mol. The molecule has 2 aromatic heterocycles. The smallest absolute Gasteiger partial charge is 0.251 e. The summed E-state index contributed by atoms with van der Waals surface area (Å²) in [5.41, 5.74) is 1.15. The fourth-order valence-electron chi connectivity index (χ4n) is 2.72. The summed E-state index contributed by atoms with van der Waals surface area (Å²) in [6.07, 6.45) is 2.74. The van der Waals surface area contributed by atoms with Crippen LogP contribution in [0.5, 0.6) is 0 Å². The van der Waals surface area contributed by atoms with E-state index in [0.717, 1.165) is 29.8 Å². The molecule has 9 heteroatoms. The van der Waals surface area contributed by atoms with Crippen LogP contribution in [0.25, 0.3) is 11.0 Å². The summed E-state index contributed by atoms with van der Waals surface area (Å²) in [5, 5.41) is 12.5. The van der Waals surface area contributed by atoms with Crippen molar-refractivity contribution >= 4 is 34.5 Å². The fraction of sp³-hybridized carbons (Fsp3) is 0.400. The number of nitrogens with one attached hydrogen (secondary N) is 2. The number of amides is 1. The van der Waals surface area contributed by atoms with E-state index in [1.54, 1.807) is 22.6 Å². The summed E-state index contributed by atoms with van der Waals surface area (Å²) in [5.74, 6) is 0.158. The molecule has 7 nitrogen and oxygen atoms in total. The van der Waals surface area contributed by atoms with Gasteiger partial charge in [-0.1, -0.05) is 32.5 Å². The maximum atomic E-state index is 13.0. The number of nitrogens with zero attached hydrogens (tertiary/aromatic N) is 4.